The van der Waals surface area contributed by atoms with Crippen LogP contribution in [-0.2, 0) is 4.79 Å². The number of carbonyl (C=O) groups is 2. The highest BCUT2D eigenvalue weighted by Crippen LogP contribution is 2.31. The van der Waals surface area contributed by atoms with Gasteiger partial charge in [-0.1, -0.05) is 20.3 Å². The average molecular weight is 282 g/mol. The lowest BCUT2D eigenvalue weighted by Gasteiger charge is -2.35. The molecule has 20 heavy (non-hydrogen) atoms. The van der Waals surface area contributed by atoms with Crippen LogP contribution in [-0.4, -0.2) is 41.6 Å². The van der Waals surface area contributed by atoms with E-state index in [1.807, 2.05) is 4.90 Å². The molecule has 1 saturated carbocycles. The summed E-state index contributed by atoms with van der Waals surface area (Å²) in [5.74, 6) is 0.179. The molecule has 0 aromatic rings. The van der Waals surface area contributed by atoms with Crippen molar-refractivity contribution in [3.63, 3.8) is 0 Å². The van der Waals surface area contributed by atoms with E-state index in [1.54, 1.807) is 0 Å². The number of rotatable bonds is 3. The molecule has 1 heterocycles. The van der Waals surface area contributed by atoms with E-state index in [0.717, 1.165) is 32.4 Å². The molecule has 4 atom stereocenters. The number of piperidine rings is 1. The Labute approximate surface area is 120 Å². The van der Waals surface area contributed by atoms with Crippen LogP contribution in [0.2, 0.25) is 0 Å². The summed E-state index contributed by atoms with van der Waals surface area (Å²) in [5, 5.41) is 12.1. The van der Waals surface area contributed by atoms with Crippen LogP contribution in [0.3, 0.4) is 0 Å². The van der Waals surface area contributed by atoms with Crippen LogP contribution in [0.25, 0.3) is 0 Å². The molecule has 0 spiro atoms. The van der Waals surface area contributed by atoms with Gasteiger partial charge in [-0.05, 0) is 37.0 Å². The van der Waals surface area contributed by atoms with Crippen molar-refractivity contribution in [2.45, 2.75) is 39.5 Å². The summed E-state index contributed by atoms with van der Waals surface area (Å²) in [6.45, 7) is 6.46. The fourth-order valence-electron chi connectivity index (χ4n) is 3.77. The molecule has 2 N–H and O–H groups in total. The zero-order valence-electron chi connectivity index (χ0n) is 12.5. The molecule has 5 heteroatoms. The van der Waals surface area contributed by atoms with E-state index in [-0.39, 0.29) is 17.9 Å². The molecule has 0 bridgehead atoms. The highest BCUT2D eigenvalue weighted by molar-refractivity contribution is 5.74. The summed E-state index contributed by atoms with van der Waals surface area (Å²) in [7, 11) is 0. The number of nitrogens with zero attached hydrogens (tertiary/aromatic N) is 1. The first-order valence-electron chi connectivity index (χ1n) is 7.73. The average Bonchev–Trinajstić information content (AvgIpc) is 2.83. The molecule has 2 fully saturated rings. The van der Waals surface area contributed by atoms with Gasteiger partial charge in [-0.25, -0.2) is 4.79 Å². The highest BCUT2D eigenvalue weighted by Gasteiger charge is 2.33. The number of hydrogen-bond acceptors (Lipinski definition) is 2. The van der Waals surface area contributed by atoms with Crippen molar-refractivity contribution in [1.82, 2.24) is 10.2 Å². The Morgan fingerprint density at radius 2 is 1.85 bits per heavy atom. The number of hydrogen-bond donors (Lipinski definition) is 2. The summed E-state index contributed by atoms with van der Waals surface area (Å²) < 4.78 is 0. The molecule has 4 unspecified atom stereocenters. The van der Waals surface area contributed by atoms with Crippen LogP contribution in [0.15, 0.2) is 0 Å². The minimum absolute atomic E-state index is 0.0283. The number of nitrogens with one attached hydrogen (secondary N) is 1. The molecule has 0 aromatic heterocycles. The largest absolute Gasteiger partial charge is 0.481 e. The molecule has 2 rings (SSSR count). The number of carboxylic acids is 1. The monoisotopic (exact) mass is 282 g/mol. The van der Waals surface area contributed by atoms with Crippen molar-refractivity contribution in [2.75, 3.05) is 19.6 Å². The lowest BCUT2D eigenvalue weighted by atomic mass is 9.92. The summed E-state index contributed by atoms with van der Waals surface area (Å²) >= 11 is 0. The second-order valence-corrected chi connectivity index (χ2v) is 6.67. The van der Waals surface area contributed by atoms with Crippen LogP contribution in [0.5, 0.6) is 0 Å². The Kier molecular flexibility index (Phi) is 4.89. The van der Waals surface area contributed by atoms with E-state index >= 15 is 0 Å². The Hall–Kier alpha value is -1.26. The van der Waals surface area contributed by atoms with Crippen molar-refractivity contribution >= 4 is 12.0 Å². The van der Waals surface area contributed by atoms with Crippen LogP contribution in [0.1, 0.15) is 39.5 Å². The van der Waals surface area contributed by atoms with Crippen LogP contribution < -0.4 is 5.32 Å². The highest BCUT2D eigenvalue weighted by atomic mass is 16.4. The van der Waals surface area contributed by atoms with E-state index in [4.69, 9.17) is 5.11 Å². The van der Waals surface area contributed by atoms with E-state index in [0.29, 0.717) is 18.4 Å². The molecule has 5 nitrogen and oxygen atoms in total. The van der Waals surface area contributed by atoms with Crippen LogP contribution in [0.4, 0.5) is 4.79 Å². The first kappa shape index (κ1) is 15.1. The fraction of sp³-hybridized carbons (Fsp3) is 0.867. The lowest BCUT2D eigenvalue weighted by molar-refractivity contribution is -0.142. The van der Waals surface area contributed by atoms with Crippen molar-refractivity contribution in [3.8, 4) is 0 Å². The van der Waals surface area contributed by atoms with Gasteiger partial charge >= 0.3 is 12.0 Å². The maximum absolute atomic E-state index is 12.2. The fourth-order valence-corrected chi connectivity index (χ4v) is 3.77. The van der Waals surface area contributed by atoms with Gasteiger partial charge in [-0.2, -0.15) is 0 Å². The van der Waals surface area contributed by atoms with Gasteiger partial charge in [0, 0.05) is 19.6 Å². The smallest absolute Gasteiger partial charge is 0.317 e. The number of aliphatic carboxylic acids is 1. The minimum atomic E-state index is -0.720. The maximum Gasteiger partial charge on any atom is 0.317 e. The molecule has 0 aromatic carbocycles. The number of likely N-dealkylation sites (tertiary alicyclic amines) is 1. The first-order chi connectivity index (χ1) is 9.47. The number of carbonyl (C=O) groups excluding carboxylic acids is 1. The van der Waals surface area contributed by atoms with Gasteiger partial charge in [0.1, 0.15) is 0 Å². The van der Waals surface area contributed by atoms with E-state index < -0.39 is 5.97 Å². The first-order valence-corrected chi connectivity index (χ1v) is 7.73. The predicted octanol–water partition coefficient (Wildman–Crippen LogP) is 2.17. The molecule has 2 aliphatic rings. The summed E-state index contributed by atoms with van der Waals surface area (Å²) in [6, 6.07) is -0.0283. The Bertz CT molecular complexity index is 362. The van der Waals surface area contributed by atoms with Crippen LogP contribution in [0, 0.1) is 23.7 Å². The Balaban J connectivity index is 1.81. The van der Waals surface area contributed by atoms with Gasteiger partial charge in [0.15, 0.2) is 0 Å². The molecular weight excluding hydrogens is 256 g/mol. The van der Waals surface area contributed by atoms with E-state index in [1.165, 1.54) is 6.42 Å². The van der Waals surface area contributed by atoms with Gasteiger partial charge in [-0.15, -0.1) is 0 Å². The molecule has 2 amide bonds. The third-order valence-corrected chi connectivity index (χ3v) is 4.65. The molecule has 1 saturated heterocycles. The molecule has 114 valence electrons. The van der Waals surface area contributed by atoms with Crippen LogP contribution >= 0.6 is 0 Å². The van der Waals surface area contributed by atoms with Crippen molar-refractivity contribution < 1.29 is 14.7 Å². The number of urea groups is 1. The van der Waals surface area contributed by atoms with E-state index in [9.17, 15) is 9.59 Å². The SMILES string of the molecule is CC1CC(C)CN(C(=O)NCC2CCCC2C(=O)O)C1. The third kappa shape index (κ3) is 3.64. The van der Waals surface area contributed by atoms with Crippen molar-refractivity contribution in [3.05, 3.63) is 0 Å². The Morgan fingerprint density at radius 1 is 1.20 bits per heavy atom. The zero-order chi connectivity index (χ0) is 14.7. The summed E-state index contributed by atoms with van der Waals surface area (Å²) in [5.41, 5.74) is 0. The predicted molar refractivity (Wildman–Crippen MR) is 76.4 cm³/mol. The van der Waals surface area contributed by atoms with Crippen molar-refractivity contribution in [1.29, 1.82) is 0 Å². The van der Waals surface area contributed by atoms with Gasteiger partial charge in [0.25, 0.3) is 0 Å². The molecule has 0 radical (unpaired) electrons. The van der Waals surface area contributed by atoms with Gasteiger partial charge in [-0.3, -0.25) is 4.79 Å². The minimum Gasteiger partial charge on any atom is -0.481 e. The molecule has 1 aliphatic carbocycles. The summed E-state index contributed by atoms with van der Waals surface area (Å²) in [6.07, 6.45) is 3.78. The quantitative estimate of drug-likeness (QED) is 0.833. The molecule has 1 aliphatic heterocycles. The lowest BCUT2D eigenvalue weighted by Crippen LogP contribution is -2.48. The normalized spacial score (nSPS) is 34.0. The standard InChI is InChI=1S/C15H26N2O3/c1-10-6-11(2)9-17(8-10)15(20)16-7-12-4-3-5-13(12)14(18)19/h10-13H,3-9H2,1-2H3,(H,16,20)(H,18,19). The molecular formula is C15H26N2O3. The van der Waals surface area contributed by atoms with E-state index in [2.05, 4.69) is 19.2 Å². The number of amides is 2. The Morgan fingerprint density at radius 3 is 2.45 bits per heavy atom. The summed E-state index contributed by atoms with van der Waals surface area (Å²) in [4.78, 5) is 25.2. The third-order valence-electron chi connectivity index (χ3n) is 4.65. The van der Waals surface area contributed by atoms with Crippen molar-refractivity contribution in [2.24, 2.45) is 23.7 Å². The second kappa shape index (κ2) is 6.46. The number of carboxylic acid groups (broad SMARTS) is 1. The van der Waals surface area contributed by atoms with Gasteiger partial charge in [0.05, 0.1) is 5.92 Å². The second-order valence-electron chi connectivity index (χ2n) is 6.67. The van der Waals surface area contributed by atoms with Gasteiger partial charge in [0.2, 0.25) is 0 Å². The topological polar surface area (TPSA) is 69.6 Å². The maximum atomic E-state index is 12.2. The van der Waals surface area contributed by atoms with Gasteiger partial charge < -0.3 is 15.3 Å². The zero-order valence-corrected chi connectivity index (χ0v) is 12.5.